The van der Waals surface area contributed by atoms with Gasteiger partial charge in [0.25, 0.3) is 0 Å². The van der Waals surface area contributed by atoms with E-state index >= 15 is 0 Å². The highest BCUT2D eigenvalue weighted by Crippen LogP contribution is 2.25. The summed E-state index contributed by atoms with van der Waals surface area (Å²) < 4.78 is 5.41. The summed E-state index contributed by atoms with van der Waals surface area (Å²) in [5, 5.41) is 17.0. The SMILES string of the molecule is CC(C)(CO)NC(=O)NC[C@@H](c1cccs1)N1CCOCC1. The number of amides is 2. The van der Waals surface area contributed by atoms with Crippen LogP contribution in [0.4, 0.5) is 4.79 Å². The van der Waals surface area contributed by atoms with Crippen molar-refractivity contribution in [1.82, 2.24) is 15.5 Å². The zero-order valence-electron chi connectivity index (χ0n) is 13.2. The van der Waals surface area contributed by atoms with Crippen molar-refractivity contribution < 1.29 is 14.6 Å². The van der Waals surface area contributed by atoms with Crippen molar-refractivity contribution in [1.29, 1.82) is 0 Å². The summed E-state index contributed by atoms with van der Waals surface area (Å²) >= 11 is 1.70. The van der Waals surface area contributed by atoms with E-state index in [0.29, 0.717) is 6.54 Å². The number of nitrogens with one attached hydrogen (secondary N) is 2. The Kier molecular flexibility index (Phi) is 6.19. The van der Waals surface area contributed by atoms with Gasteiger partial charge in [0.1, 0.15) is 0 Å². The Balaban J connectivity index is 1.94. The first-order valence-corrected chi connectivity index (χ1v) is 8.42. The van der Waals surface area contributed by atoms with Gasteiger partial charge in [-0.15, -0.1) is 11.3 Å². The molecule has 124 valence electrons. The van der Waals surface area contributed by atoms with Gasteiger partial charge in [-0.25, -0.2) is 4.79 Å². The fourth-order valence-electron chi connectivity index (χ4n) is 2.36. The van der Waals surface area contributed by atoms with Gasteiger partial charge in [-0.05, 0) is 25.3 Å². The van der Waals surface area contributed by atoms with Gasteiger partial charge >= 0.3 is 6.03 Å². The monoisotopic (exact) mass is 327 g/mol. The second-order valence-electron chi connectivity index (χ2n) is 6.06. The van der Waals surface area contributed by atoms with E-state index in [1.165, 1.54) is 4.88 Å². The first-order valence-electron chi connectivity index (χ1n) is 7.54. The molecule has 1 aromatic rings. The van der Waals surface area contributed by atoms with Crippen LogP contribution in [0.15, 0.2) is 17.5 Å². The number of morpholine rings is 1. The average Bonchev–Trinajstić information content (AvgIpc) is 3.02. The minimum Gasteiger partial charge on any atom is -0.394 e. The number of aliphatic hydroxyl groups excluding tert-OH is 1. The maximum Gasteiger partial charge on any atom is 0.315 e. The lowest BCUT2D eigenvalue weighted by atomic mass is 10.1. The minimum atomic E-state index is -0.624. The van der Waals surface area contributed by atoms with Crippen molar-refractivity contribution in [2.45, 2.75) is 25.4 Å². The lowest BCUT2D eigenvalue weighted by molar-refractivity contribution is 0.0173. The number of hydrogen-bond acceptors (Lipinski definition) is 5. The summed E-state index contributed by atoms with van der Waals surface area (Å²) in [7, 11) is 0. The molecule has 3 N–H and O–H groups in total. The Labute approximate surface area is 135 Å². The smallest absolute Gasteiger partial charge is 0.315 e. The molecule has 2 amide bonds. The zero-order valence-corrected chi connectivity index (χ0v) is 14.0. The number of rotatable bonds is 6. The summed E-state index contributed by atoms with van der Waals surface area (Å²) in [6, 6.07) is 4.03. The van der Waals surface area contributed by atoms with Gasteiger partial charge in [-0.3, -0.25) is 4.90 Å². The molecule has 1 fully saturated rings. The fraction of sp³-hybridized carbons (Fsp3) is 0.667. The topological polar surface area (TPSA) is 73.8 Å². The van der Waals surface area contributed by atoms with E-state index in [1.807, 2.05) is 6.07 Å². The Bertz CT molecular complexity index is 459. The van der Waals surface area contributed by atoms with Crippen LogP contribution in [-0.4, -0.2) is 61.0 Å². The van der Waals surface area contributed by atoms with Crippen LogP contribution in [0, 0.1) is 0 Å². The molecule has 6 nitrogen and oxygen atoms in total. The molecular formula is C15H25N3O3S. The maximum absolute atomic E-state index is 12.0. The summed E-state index contributed by atoms with van der Waals surface area (Å²) in [6.45, 7) is 7.20. The number of ether oxygens (including phenoxy) is 1. The van der Waals surface area contributed by atoms with Crippen LogP contribution in [0.2, 0.25) is 0 Å². The van der Waals surface area contributed by atoms with E-state index in [9.17, 15) is 9.90 Å². The average molecular weight is 327 g/mol. The first-order chi connectivity index (χ1) is 10.5. The Morgan fingerprint density at radius 1 is 1.50 bits per heavy atom. The fourth-order valence-corrected chi connectivity index (χ4v) is 3.22. The zero-order chi connectivity index (χ0) is 16.0. The number of nitrogens with zero attached hydrogens (tertiary/aromatic N) is 1. The summed E-state index contributed by atoms with van der Waals surface area (Å²) in [5.74, 6) is 0. The van der Waals surface area contributed by atoms with E-state index in [0.717, 1.165) is 26.3 Å². The number of aliphatic hydroxyl groups is 1. The standard InChI is InChI=1S/C15H25N3O3S/c1-15(2,11-19)17-14(20)16-10-12(13-4-3-9-22-13)18-5-7-21-8-6-18/h3-4,9,12,19H,5-8,10-11H2,1-2H3,(H2,16,17,20)/t12-/m0/s1. The third-order valence-electron chi connectivity index (χ3n) is 3.66. The lowest BCUT2D eigenvalue weighted by Gasteiger charge is -2.34. The summed E-state index contributed by atoms with van der Waals surface area (Å²) in [6.07, 6.45) is 0. The molecule has 0 saturated carbocycles. The third kappa shape index (κ3) is 4.95. The van der Waals surface area contributed by atoms with Gasteiger partial charge in [0.05, 0.1) is 31.4 Å². The van der Waals surface area contributed by atoms with Crippen molar-refractivity contribution >= 4 is 17.4 Å². The molecule has 0 radical (unpaired) electrons. The highest BCUT2D eigenvalue weighted by atomic mass is 32.1. The molecule has 0 aromatic carbocycles. The van der Waals surface area contributed by atoms with Crippen LogP contribution in [0.25, 0.3) is 0 Å². The molecule has 1 saturated heterocycles. The van der Waals surface area contributed by atoms with Crippen LogP contribution < -0.4 is 10.6 Å². The molecule has 0 spiro atoms. The minimum absolute atomic E-state index is 0.0990. The van der Waals surface area contributed by atoms with Gasteiger partial charge in [-0.1, -0.05) is 6.07 Å². The van der Waals surface area contributed by atoms with Crippen LogP contribution in [0.3, 0.4) is 0 Å². The molecule has 2 rings (SSSR count). The van der Waals surface area contributed by atoms with Crippen LogP contribution in [0.5, 0.6) is 0 Å². The quantitative estimate of drug-likeness (QED) is 0.734. The number of urea groups is 1. The van der Waals surface area contributed by atoms with Crippen LogP contribution in [-0.2, 0) is 4.74 Å². The third-order valence-corrected chi connectivity index (χ3v) is 4.63. The molecule has 1 aliphatic heterocycles. The molecule has 7 heteroatoms. The second kappa shape index (κ2) is 7.92. The van der Waals surface area contributed by atoms with Crippen molar-refractivity contribution in [3.05, 3.63) is 22.4 Å². The van der Waals surface area contributed by atoms with Gasteiger partial charge in [0.2, 0.25) is 0 Å². The predicted octanol–water partition coefficient (Wildman–Crippen LogP) is 1.19. The largest absolute Gasteiger partial charge is 0.394 e. The maximum atomic E-state index is 12.0. The Morgan fingerprint density at radius 3 is 2.82 bits per heavy atom. The first kappa shape index (κ1) is 17.2. The second-order valence-corrected chi connectivity index (χ2v) is 7.04. The van der Waals surface area contributed by atoms with E-state index < -0.39 is 5.54 Å². The van der Waals surface area contributed by atoms with Crippen molar-refractivity contribution in [3.63, 3.8) is 0 Å². The summed E-state index contributed by atoms with van der Waals surface area (Å²) in [5.41, 5.74) is -0.624. The van der Waals surface area contributed by atoms with Crippen molar-refractivity contribution in [3.8, 4) is 0 Å². The summed E-state index contributed by atoms with van der Waals surface area (Å²) in [4.78, 5) is 15.6. The molecule has 1 aliphatic rings. The van der Waals surface area contributed by atoms with Gasteiger partial charge < -0.3 is 20.5 Å². The van der Waals surface area contributed by atoms with Gasteiger partial charge in [0, 0.05) is 24.5 Å². The normalized spacial score (nSPS) is 18.0. The highest BCUT2D eigenvalue weighted by Gasteiger charge is 2.25. The molecule has 22 heavy (non-hydrogen) atoms. The molecule has 2 heterocycles. The van der Waals surface area contributed by atoms with Gasteiger partial charge in [0.15, 0.2) is 0 Å². The number of carbonyl (C=O) groups is 1. The van der Waals surface area contributed by atoms with E-state index in [1.54, 1.807) is 25.2 Å². The van der Waals surface area contributed by atoms with Crippen LogP contribution in [0.1, 0.15) is 24.8 Å². The molecule has 1 atom stereocenters. The lowest BCUT2D eigenvalue weighted by Crippen LogP contribution is -2.52. The number of carbonyl (C=O) groups excluding carboxylic acids is 1. The molecule has 0 bridgehead atoms. The van der Waals surface area contributed by atoms with E-state index in [-0.39, 0.29) is 18.7 Å². The van der Waals surface area contributed by atoms with Gasteiger partial charge in [-0.2, -0.15) is 0 Å². The van der Waals surface area contributed by atoms with Crippen molar-refractivity contribution in [2.24, 2.45) is 0 Å². The molecular weight excluding hydrogens is 302 g/mol. The van der Waals surface area contributed by atoms with Crippen molar-refractivity contribution in [2.75, 3.05) is 39.5 Å². The van der Waals surface area contributed by atoms with E-state index in [4.69, 9.17) is 4.74 Å². The van der Waals surface area contributed by atoms with Crippen LogP contribution >= 0.6 is 11.3 Å². The van der Waals surface area contributed by atoms with E-state index in [2.05, 4.69) is 27.0 Å². The number of hydrogen-bond donors (Lipinski definition) is 3. The predicted molar refractivity (Wildman–Crippen MR) is 87.2 cm³/mol. The highest BCUT2D eigenvalue weighted by molar-refractivity contribution is 7.10. The number of thiophene rings is 1. The Hall–Kier alpha value is -1.15. The molecule has 1 aromatic heterocycles. The molecule has 0 unspecified atom stereocenters. The Morgan fingerprint density at radius 2 is 2.23 bits per heavy atom. The molecule has 0 aliphatic carbocycles.